The normalized spacial score (nSPS) is 24.1. The highest BCUT2D eigenvalue weighted by Crippen LogP contribution is 2.33. The molecular formula is C15H15N3O3. The van der Waals surface area contributed by atoms with Gasteiger partial charge in [0.15, 0.2) is 0 Å². The summed E-state index contributed by atoms with van der Waals surface area (Å²) in [6.07, 6.45) is 0.695. The molecule has 1 saturated heterocycles. The van der Waals surface area contributed by atoms with Crippen molar-refractivity contribution >= 4 is 17.7 Å². The molecule has 3 aliphatic rings. The van der Waals surface area contributed by atoms with Crippen molar-refractivity contribution in [3.05, 3.63) is 34.4 Å². The topological polar surface area (TPSA) is 78.5 Å². The van der Waals surface area contributed by atoms with Crippen molar-refractivity contribution in [1.82, 2.24) is 15.5 Å². The van der Waals surface area contributed by atoms with Crippen molar-refractivity contribution in [1.29, 1.82) is 0 Å². The minimum absolute atomic E-state index is 0.103. The molecule has 3 amide bonds. The molecule has 2 N–H and O–H groups in total. The maximum atomic E-state index is 12.6. The van der Waals surface area contributed by atoms with E-state index in [1.54, 1.807) is 4.90 Å². The molecule has 4 rings (SSSR count). The molecule has 3 aliphatic heterocycles. The molecule has 108 valence electrons. The lowest BCUT2D eigenvalue weighted by Gasteiger charge is -2.29. The molecule has 3 heterocycles. The second-order valence-electron chi connectivity index (χ2n) is 5.73. The molecule has 0 radical (unpaired) electrons. The number of carbonyl (C=O) groups is 3. The highest BCUT2D eigenvalue weighted by molar-refractivity contribution is 6.05. The first-order valence-corrected chi connectivity index (χ1v) is 7.14. The zero-order chi connectivity index (χ0) is 14.6. The van der Waals surface area contributed by atoms with Gasteiger partial charge in [0.25, 0.3) is 5.91 Å². The second kappa shape index (κ2) is 4.39. The third-order valence-corrected chi connectivity index (χ3v) is 4.55. The standard InChI is InChI=1S/C15H15N3O3/c19-13-4-3-12(14(20)17-13)18-7-11-9(15(18)21)2-1-8-5-16-6-10(8)11/h1-2,12,16H,3-7H2,(H,17,19,20). The van der Waals surface area contributed by atoms with E-state index in [4.69, 9.17) is 0 Å². The van der Waals surface area contributed by atoms with Gasteiger partial charge in [-0.05, 0) is 29.2 Å². The third kappa shape index (κ3) is 1.79. The first-order chi connectivity index (χ1) is 10.1. The van der Waals surface area contributed by atoms with Gasteiger partial charge in [-0.15, -0.1) is 0 Å². The van der Waals surface area contributed by atoms with E-state index in [9.17, 15) is 14.4 Å². The van der Waals surface area contributed by atoms with Gasteiger partial charge in [-0.1, -0.05) is 6.07 Å². The number of nitrogens with zero attached hydrogens (tertiary/aromatic N) is 1. The summed E-state index contributed by atoms with van der Waals surface area (Å²) in [5.41, 5.74) is 4.15. The maximum Gasteiger partial charge on any atom is 0.255 e. The van der Waals surface area contributed by atoms with Crippen molar-refractivity contribution < 1.29 is 14.4 Å². The summed E-state index contributed by atoms with van der Waals surface area (Å²) in [5.74, 6) is -0.720. The van der Waals surface area contributed by atoms with E-state index >= 15 is 0 Å². The smallest absolute Gasteiger partial charge is 0.255 e. The van der Waals surface area contributed by atoms with Crippen LogP contribution in [0.2, 0.25) is 0 Å². The van der Waals surface area contributed by atoms with Crippen molar-refractivity contribution in [3.8, 4) is 0 Å². The summed E-state index contributed by atoms with van der Waals surface area (Å²) >= 11 is 0. The van der Waals surface area contributed by atoms with Crippen LogP contribution in [0.1, 0.15) is 39.9 Å². The number of hydrogen-bond acceptors (Lipinski definition) is 4. The number of piperidine rings is 1. The minimum atomic E-state index is -0.535. The van der Waals surface area contributed by atoms with Gasteiger partial charge in [0, 0.05) is 31.6 Å². The first-order valence-electron chi connectivity index (χ1n) is 7.14. The van der Waals surface area contributed by atoms with Crippen molar-refractivity contribution in [2.45, 2.75) is 38.5 Å². The molecule has 0 saturated carbocycles. The Morgan fingerprint density at radius 1 is 1.10 bits per heavy atom. The Balaban J connectivity index is 1.67. The van der Waals surface area contributed by atoms with Crippen LogP contribution in [0.3, 0.4) is 0 Å². The summed E-state index contributed by atoms with van der Waals surface area (Å²) < 4.78 is 0. The Bertz CT molecular complexity index is 683. The second-order valence-corrected chi connectivity index (χ2v) is 5.73. The summed E-state index contributed by atoms with van der Waals surface area (Å²) in [5, 5.41) is 5.61. The molecule has 1 aromatic carbocycles. The Labute approximate surface area is 121 Å². The SMILES string of the molecule is O=C1CCC(N2Cc3c(ccc4c3CNC4)C2=O)C(=O)N1. The van der Waals surface area contributed by atoms with Crippen LogP contribution in [0, 0.1) is 0 Å². The molecule has 1 aromatic rings. The number of hydrogen-bond donors (Lipinski definition) is 2. The van der Waals surface area contributed by atoms with Gasteiger partial charge < -0.3 is 10.2 Å². The predicted octanol–water partition coefficient (Wildman–Crippen LogP) is 0.0508. The van der Waals surface area contributed by atoms with Crippen LogP contribution in [0.5, 0.6) is 0 Å². The molecule has 21 heavy (non-hydrogen) atoms. The van der Waals surface area contributed by atoms with Crippen LogP contribution in [0.25, 0.3) is 0 Å². The first kappa shape index (κ1) is 12.5. The number of rotatable bonds is 1. The van der Waals surface area contributed by atoms with Gasteiger partial charge in [0.1, 0.15) is 6.04 Å². The molecular weight excluding hydrogens is 270 g/mol. The van der Waals surface area contributed by atoms with E-state index in [2.05, 4.69) is 10.6 Å². The van der Waals surface area contributed by atoms with Gasteiger partial charge in [0.2, 0.25) is 11.8 Å². The Hall–Kier alpha value is -2.21. The molecule has 6 nitrogen and oxygen atoms in total. The van der Waals surface area contributed by atoms with Crippen LogP contribution in [-0.4, -0.2) is 28.7 Å². The van der Waals surface area contributed by atoms with Crippen molar-refractivity contribution in [3.63, 3.8) is 0 Å². The molecule has 6 heteroatoms. The number of fused-ring (bicyclic) bond motifs is 3. The largest absolute Gasteiger partial charge is 0.322 e. The van der Waals surface area contributed by atoms with E-state index in [0.717, 1.165) is 18.7 Å². The zero-order valence-corrected chi connectivity index (χ0v) is 11.4. The Kier molecular flexibility index (Phi) is 2.62. The lowest BCUT2D eigenvalue weighted by molar-refractivity contribution is -0.136. The quantitative estimate of drug-likeness (QED) is 0.715. The van der Waals surface area contributed by atoms with Gasteiger partial charge in [-0.2, -0.15) is 0 Å². The maximum absolute atomic E-state index is 12.6. The summed E-state index contributed by atoms with van der Waals surface area (Å²) in [7, 11) is 0. The fourth-order valence-corrected chi connectivity index (χ4v) is 3.46. The highest BCUT2D eigenvalue weighted by Gasteiger charge is 2.40. The third-order valence-electron chi connectivity index (χ3n) is 4.55. The fourth-order valence-electron chi connectivity index (χ4n) is 3.46. The van der Waals surface area contributed by atoms with Crippen LogP contribution in [-0.2, 0) is 29.2 Å². The minimum Gasteiger partial charge on any atom is -0.322 e. The molecule has 0 bridgehead atoms. The van der Waals surface area contributed by atoms with E-state index in [-0.39, 0.29) is 24.1 Å². The summed E-state index contributed by atoms with van der Waals surface area (Å²) in [6, 6.07) is 3.31. The lowest BCUT2D eigenvalue weighted by Crippen LogP contribution is -2.52. The average Bonchev–Trinajstić information content (AvgIpc) is 3.04. The Morgan fingerprint density at radius 3 is 2.76 bits per heavy atom. The molecule has 1 unspecified atom stereocenters. The van der Waals surface area contributed by atoms with Gasteiger partial charge in [0.05, 0.1) is 0 Å². The summed E-state index contributed by atoms with van der Waals surface area (Å²) in [6.45, 7) is 2.06. The molecule has 1 atom stereocenters. The van der Waals surface area contributed by atoms with Crippen LogP contribution in [0.4, 0.5) is 0 Å². The van der Waals surface area contributed by atoms with E-state index < -0.39 is 6.04 Å². The number of carbonyl (C=O) groups excluding carboxylic acids is 3. The van der Waals surface area contributed by atoms with Crippen molar-refractivity contribution in [2.75, 3.05) is 0 Å². The molecule has 0 aliphatic carbocycles. The number of nitrogens with one attached hydrogen (secondary N) is 2. The fraction of sp³-hybridized carbons (Fsp3) is 0.400. The summed E-state index contributed by atoms with van der Waals surface area (Å²) in [4.78, 5) is 37.4. The van der Waals surface area contributed by atoms with Gasteiger partial charge >= 0.3 is 0 Å². The van der Waals surface area contributed by atoms with Gasteiger partial charge in [-0.3, -0.25) is 19.7 Å². The van der Waals surface area contributed by atoms with E-state index in [1.807, 2.05) is 12.1 Å². The molecule has 0 aromatic heterocycles. The average molecular weight is 285 g/mol. The zero-order valence-electron chi connectivity index (χ0n) is 11.4. The predicted molar refractivity (Wildman–Crippen MR) is 73.0 cm³/mol. The van der Waals surface area contributed by atoms with Crippen LogP contribution in [0.15, 0.2) is 12.1 Å². The Morgan fingerprint density at radius 2 is 1.95 bits per heavy atom. The number of amides is 3. The van der Waals surface area contributed by atoms with Crippen molar-refractivity contribution in [2.24, 2.45) is 0 Å². The van der Waals surface area contributed by atoms with Crippen LogP contribution < -0.4 is 10.6 Å². The molecule has 0 spiro atoms. The van der Waals surface area contributed by atoms with E-state index in [1.165, 1.54) is 11.1 Å². The van der Waals surface area contributed by atoms with Crippen LogP contribution >= 0.6 is 0 Å². The number of benzene rings is 1. The van der Waals surface area contributed by atoms with E-state index in [0.29, 0.717) is 18.5 Å². The monoisotopic (exact) mass is 285 g/mol. The highest BCUT2D eigenvalue weighted by atomic mass is 16.2. The molecule has 1 fully saturated rings. The lowest BCUT2D eigenvalue weighted by atomic mass is 10.00. The number of imide groups is 1. The van der Waals surface area contributed by atoms with Gasteiger partial charge in [-0.25, -0.2) is 0 Å².